The van der Waals surface area contributed by atoms with E-state index in [1.54, 1.807) is 5.38 Å². The van der Waals surface area contributed by atoms with Crippen molar-refractivity contribution in [3.05, 3.63) is 82.9 Å². The fraction of sp³-hybridized carbons (Fsp3) is 0.385. The van der Waals surface area contributed by atoms with Crippen LogP contribution in [-0.4, -0.2) is 56.1 Å². The Morgan fingerprint density at radius 3 is 2.23 bits per heavy atom. The number of nitrogens with one attached hydrogen (secondary N) is 2. The molecule has 2 aromatic carbocycles. The van der Waals surface area contributed by atoms with Gasteiger partial charge >= 0.3 is 0 Å². The number of amides is 1. The second kappa shape index (κ2) is 11.8. The van der Waals surface area contributed by atoms with Crippen LogP contribution < -0.4 is 10.0 Å². The van der Waals surface area contributed by atoms with Gasteiger partial charge < -0.3 is 10.2 Å². The summed E-state index contributed by atoms with van der Waals surface area (Å²) in [6.07, 6.45) is 4.13. The summed E-state index contributed by atoms with van der Waals surface area (Å²) in [7, 11) is -3.37. The minimum Gasteiger partial charge on any atom is -0.353 e. The largest absolute Gasteiger partial charge is 0.353 e. The van der Waals surface area contributed by atoms with Gasteiger partial charge in [0.2, 0.25) is 15.9 Å². The van der Waals surface area contributed by atoms with E-state index in [1.165, 1.54) is 22.5 Å². The molecule has 3 aromatic rings. The summed E-state index contributed by atoms with van der Waals surface area (Å²) in [6.45, 7) is 2.94. The third kappa shape index (κ3) is 7.88. The van der Waals surface area contributed by atoms with Crippen LogP contribution in [0, 0.1) is 0 Å². The van der Waals surface area contributed by atoms with Crippen molar-refractivity contribution in [1.82, 2.24) is 15.2 Å². The molecular weight excluding hydrogens is 480 g/mol. The van der Waals surface area contributed by atoms with Gasteiger partial charge in [0, 0.05) is 30.4 Å². The minimum absolute atomic E-state index is 0.0760. The number of carbonyl (C=O) groups is 1. The topological polar surface area (TPSA) is 91.4 Å². The second-order valence-corrected chi connectivity index (χ2v) is 11.6. The molecule has 1 fully saturated rings. The summed E-state index contributed by atoms with van der Waals surface area (Å²) < 4.78 is 25.0. The Morgan fingerprint density at radius 1 is 1.06 bits per heavy atom. The number of carbonyl (C=O) groups excluding carboxylic acids is 1. The summed E-state index contributed by atoms with van der Waals surface area (Å²) in [5.41, 5.74) is 3.26. The molecule has 0 spiro atoms. The third-order valence-electron chi connectivity index (χ3n) is 6.26. The molecule has 2 heterocycles. The van der Waals surface area contributed by atoms with E-state index in [1.807, 2.05) is 0 Å². The SMILES string of the molecule is CS(=O)(=O)Nc1nc(CC(=O)NC2CCN(CCC(c3ccccc3)c3ccccc3)CC2)cs1. The van der Waals surface area contributed by atoms with Crippen LogP contribution in [0.25, 0.3) is 0 Å². The van der Waals surface area contributed by atoms with E-state index in [-0.39, 0.29) is 23.5 Å². The zero-order valence-electron chi connectivity index (χ0n) is 19.9. The number of piperidine rings is 1. The number of anilines is 1. The summed E-state index contributed by atoms with van der Waals surface area (Å²) >= 11 is 1.18. The first-order valence-corrected chi connectivity index (χ1v) is 14.7. The van der Waals surface area contributed by atoms with Crippen LogP contribution in [0.5, 0.6) is 0 Å². The maximum absolute atomic E-state index is 12.5. The molecule has 0 unspecified atom stereocenters. The fourth-order valence-corrected chi connectivity index (χ4v) is 6.11. The van der Waals surface area contributed by atoms with Gasteiger partial charge in [0.1, 0.15) is 0 Å². The monoisotopic (exact) mass is 512 g/mol. The lowest BCUT2D eigenvalue weighted by Crippen LogP contribution is -2.45. The average Bonchev–Trinajstić information content (AvgIpc) is 3.26. The molecule has 186 valence electrons. The van der Waals surface area contributed by atoms with Crippen molar-refractivity contribution in [1.29, 1.82) is 0 Å². The standard InChI is InChI=1S/C26H32N4O3S2/c1-35(32,33)29-26-28-23(19-34-26)18-25(31)27-22-12-15-30(16-13-22)17-14-24(20-8-4-2-5-9-20)21-10-6-3-7-11-21/h2-11,19,22,24H,12-18H2,1H3,(H,27,31)(H,28,29). The summed E-state index contributed by atoms with van der Waals surface area (Å²) in [5, 5.41) is 5.12. The molecule has 0 radical (unpaired) electrons. The maximum Gasteiger partial charge on any atom is 0.231 e. The van der Waals surface area contributed by atoms with E-state index in [4.69, 9.17) is 0 Å². The Kier molecular flexibility index (Phi) is 8.54. The number of thiazole rings is 1. The second-order valence-electron chi connectivity index (χ2n) is 9.04. The van der Waals surface area contributed by atoms with E-state index < -0.39 is 10.0 Å². The Hall–Kier alpha value is -2.75. The van der Waals surface area contributed by atoms with Crippen LogP contribution in [0.2, 0.25) is 0 Å². The predicted molar refractivity (Wildman–Crippen MR) is 141 cm³/mol. The molecule has 1 aliphatic rings. The van der Waals surface area contributed by atoms with Crippen LogP contribution in [0.4, 0.5) is 5.13 Å². The van der Waals surface area contributed by atoms with Crippen molar-refractivity contribution in [2.75, 3.05) is 30.6 Å². The molecule has 2 N–H and O–H groups in total. The molecule has 0 saturated carbocycles. The zero-order valence-corrected chi connectivity index (χ0v) is 21.5. The number of likely N-dealkylation sites (tertiary alicyclic amines) is 1. The molecule has 1 aromatic heterocycles. The Morgan fingerprint density at radius 2 is 1.66 bits per heavy atom. The number of sulfonamides is 1. The van der Waals surface area contributed by atoms with E-state index in [0.717, 1.165) is 45.2 Å². The molecule has 7 nitrogen and oxygen atoms in total. The van der Waals surface area contributed by atoms with Gasteiger partial charge in [-0.05, 0) is 36.9 Å². The average molecular weight is 513 g/mol. The fourth-order valence-electron chi connectivity index (χ4n) is 4.55. The first kappa shape index (κ1) is 25.3. The van der Waals surface area contributed by atoms with Gasteiger partial charge in [-0.2, -0.15) is 0 Å². The molecule has 1 amide bonds. The Labute approximate surface area is 211 Å². The molecular formula is C26H32N4O3S2. The van der Waals surface area contributed by atoms with Gasteiger partial charge in [0.25, 0.3) is 0 Å². The van der Waals surface area contributed by atoms with Crippen molar-refractivity contribution in [2.45, 2.75) is 37.6 Å². The van der Waals surface area contributed by atoms with Crippen LogP contribution >= 0.6 is 11.3 Å². The van der Waals surface area contributed by atoms with Crippen molar-refractivity contribution < 1.29 is 13.2 Å². The van der Waals surface area contributed by atoms with E-state index >= 15 is 0 Å². The quantitative estimate of drug-likeness (QED) is 0.430. The predicted octanol–water partition coefficient (Wildman–Crippen LogP) is 3.86. The van der Waals surface area contributed by atoms with Gasteiger partial charge in [-0.25, -0.2) is 13.4 Å². The minimum atomic E-state index is -3.37. The lowest BCUT2D eigenvalue weighted by Gasteiger charge is -2.33. The molecule has 9 heteroatoms. The number of nitrogens with zero attached hydrogens (tertiary/aromatic N) is 2. The van der Waals surface area contributed by atoms with Crippen LogP contribution in [-0.2, 0) is 21.2 Å². The van der Waals surface area contributed by atoms with Gasteiger partial charge in [-0.1, -0.05) is 60.7 Å². The van der Waals surface area contributed by atoms with Crippen LogP contribution in [0.3, 0.4) is 0 Å². The number of hydrogen-bond donors (Lipinski definition) is 2. The third-order valence-corrected chi connectivity index (χ3v) is 7.76. The first-order chi connectivity index (χ1) is 16.9. The van der Waals surface area contributed by atoms with Crippen LogP contribution in [0.1, 0.15) is 42.0 Å². The van der Waals surface area contributed by atoms with Gasteiger partial charge in [0.05, 0.1) is 18.4 Å². The van der Waals surface area contributed by atoms with E-state index in [9.17, 15) is 13.2 Å². The normalized spacial score (nSPS) is 15.3. The highest BCUT2D eigenvalue weighted by atomic mass is 32.2. The lowest BCUT2D eigenvalue weighted by molar-refractivity contribution is -0.121. The van der Waals surface area contributed by atoms with Crippen LogP contribution in [0.15, 0.2) is 66.0 Å². The molecule has 1 saturated heterocycles. The van der Waals surface area contributed by atoms with Gasteiger partial charge in [0.15, 0.2) is 5.13 Å². The van der Waals surface area contributed by atoms with E-state index in [0.29, 0.717) is 11.6 Å². The highest BCUT2D eigenvalue weighted by Crippen LogP contribution is 2.28. The zero-order chi connectivity index (χ0) is 24.7. The van der Waals surface area contributed by atoms with Gasteiger partial charge in [-0.3, -0.25) is 9.52 Å². The molecule has 35 heavy (non-hydrogen) atoms. The van der Waals surface area contributed by atoms with E-state index in [2.05, 4.69) is 80.6 Å². The van der Waals surface area contributed by atoms with Crippen molar-refractivity contribution in [2.24, 2.45) is 0 Å². The van der Waals surface area contributed by atoms with Gasteiger partial charge in [-0.15, -0.1) is 11.3 Å². The smallest absolute Gasteiger partial charge is 0.231 e. The summed E-state index contributed by atoms with van der Waals surface area (Å²) in [5.74, 6) is 0.294. The summed E-state index contributed by atoms with van der Waals surface area (Å²) in [6, 6.07) is 21.5. The highest BCUT2D eigenvalue weighted by Gasteiger charge is 2.23. The summed E-state index contributed by atoms with van der Waals surface area (Å²) in [4.78, 5) is 19.2. The molecule has 1 aliphatic heterocycles. The Bertz CT molecular complexity index is 1150. The number of rotatable bonds is 10. The number of hydrogen-bond acceptors (Lipinski definition) is 6. The van der Waals surface area contributed by atoms with Crippen molar-refractivity contribution in [3.63, 3.8) is 0 Å². The number of benzene rings is 2. The van der Waals surface area contributed by atoms with Crippen molar-refractivity contribution >= 4 is 32.4 Å². The highest BCUT2D eigenvalue weighted by molar-refractivity contribution is 7.92. The Balaban J connectivity index is 1.24. The maximum atomic E-state index is 12.5. The molecule has 0 bridgehead atoms. The lowest BCUT2D eigenvalue weighted by atomic mass is 9.88. The molecule has 0 aliphatic carbocycles. The number of aromatic nitrogens is 1. The molecule has 4 rings (SSSR count). The van der Waals surface area contributed by atoms with Crippen molar-refractivity contribution in [3.8, 4) is 0 Å². The molecule has 0 atom stereocenters. The first-order valence-electron chi connectivity index (χ1n) is 11.9.